The van der Waals surface area contributed by atoms with E-state index in [1.807, 2.05) is 95.8 Å². The van der Waals surface area contributed by atoms with E-state index in [0.717, 1.165) is 150 Å². The Labute approximate surface area is 775 Å². The fourth-order valence-electron chi connectivity index (χ4n) is 17.4. The van der Waals surface area contributed by atoms with Gasteiger partial charge < -0.3 is 18.3 Å². The molecule has 0 spiro atoms. The second-order valence-electron chi connectivity index (χ2n) is 29.8. The molecule has 13 aromatic carbocycles. The predicted molar refractivity (Wildman–Crippen MR) is 501 cm³/mol. The molecule has 0 unspecified atom stereocenters. The van der Waals surface area contributed by atoms with Crippen molar-refractivity contribution in [1.29, 1.82) is 0 Å². The molecule has 13 heterocycles. The number of hydrogen-bond donors (Lipinski definition) is 0. The summed E-state index contributed by atoms with van der Waals surface area (Å²) in [7, 11) is 0. The molecule has 0 saturated carbocycles. The molecule has 17 heteroatoms. The molecule has 0 amide bonds. The van der Waals surface area contributed by atoms with Gasteiger partial charge in [0.2, 0.25) is 0 Å². The van der Waals surface area contributed by atoms with Crippen molar-refractivity contribution in [2.24, 2.45) is 0 Å². The smallest absolute Gasteiger partial charge is 0.135 e. The summed E-state index contributed by atoms with van der Waals surface area (Å²) in [5, 5.41) is 16.8. The van der Waals surface area contributed by atoms with Gasteiger partial charge in [-0.05, 0) is 51.2 Å². The van der Waals surface area contributed by atoms with Gasteiger partial charge >= 0.3 is 285 Å². The van der Waals surface area contributed by atoms with Crippen molar-refractivity contribution in [3.05, 3.63) is 412 Å². The average Bonchev–Trinajstić information content (AvgIpc) is 1.54. The summed E-state index contributed by atoms with van der Waals surface area (Å²) in [5.41, 5.74) is 21.6. The third-order valence-electron chi connectivity index (χ3n) is 22.9. The van der Waals surface area contributed by atoms with Crippen LogP contribution in [0, 0.1) is 48.7 Å². The fraction of sp³-hybridized carbons (Fsp3) is 0. The molecule has 0 aliphatic rings. The largest absolute Gasteiger partial charge is 0.313 e. The Bertz CT molecular complexity index is 8490. The van der Waals surface area contributed by atoms with E-state index < -0.39 is 14.6 Å². The predicted octanol–water partition coefficient (Wildman–Crippen LogP) is 25.8. The van der Waals surface area contributed by atoms with Crippen LogP contribution in [0.3, 0.4) is 0 Å². The maximum absolute atomic E-state index is 6.21. The quantitative estimate of drug-likeness (QED) is 0.0954. The van der Waals surface area contributed by atoms with Crippen LogP contribution in [0.4, 0.5) is 0 Å². The number of hydrogen-bond acceptors (Lipinski definition) is 7. The van der Waals surface area contributed by atoms with E-state index >= 15 is 0 Å². The maximum atomic E-state index is 6.21. The summed E-state index contributed by atoms with van der Waals surface area (Å²) in [6, 6.07) is 143. The Hall–Kier alpha value is -12.5. The number of furan rings is 1. The molecule has 0 saturated heterocycles. The van der Waals surface area contributed by atoms with Crippen LogP contribution in [0.5, 0.6) is 0 Å². The van der Waals surface area contributed by atoms with Gasteiger partial charge in [-0.1, -0.05) is 112 Å². The van der Waals surface area contributed by atoms with Gasteiger partial charge in [0.25, 0.3) is 0 Å². The molecule has 13 aromatic heterocycles. The number of fused-ring (bicyclic) bond motifs is 18. The molecule has 602 valence electrons. The van der Waals surface area contributed by atoms with E-state index in [2.05, 4.69) is 354 Å². The van der Waals surface area contributed by atoms with E-state index in [1.165, 1.54) is 60.3 Å². The fourth-order valence-corrected chi connectivity index (χ4v) is 26.4. The van der Waals surface area contributed by atoms with Gasteiger partial charge in [0.05, 0.1) is 5.52 Å². The molecule has 0 aliphatic carbocycles. The minimum atomic E-state index is -2.39. The summed E-state index contributed by atoms with van der Waals surface area (Å²) < 4.78 is 26.3. The molecule has 124 heavy (non-hydrogen) atoms. The molecule has 0 fully saturated rings. The van der Waals surface area contributed by atoms with Gasteiger partial charge in [0.15, 0.2) is 0 Å². The number of pyridine rings is 3. The van der Waals surface area contributed by atoms with Crippen molar-refractivity contribution < 1.29 is 71.6 Å². The third kappa shape index (κ3) is 13.4. The monoisotopic (exact) mass is 1980 g/mol. The standard InChI is InChI=1S/C45H26GeN3OS.C33H19N4.C29H15N2S2.3Ag/c1-4-14-29(15-5-1)30-24-25-40-36(26-30)39(28-50-40)48-37-22-12-10-20-33(37)35-27-41-42(47-45(35)48)43-44(51-41)34-21-11-13-23-38(34)49(43)46(31-16-6-2-7-17-31)32-18-8-3-9-19-32;1-4-11-28-23(8-1)18-20-35(28)25-16-17-27-26-10-3-6-13-30(26)37(31(27)22-25)33-15-7-14-32(34-33)36-21-19-24-9-2-5-12-29(24)36;1-2-7-19(8-3-1)26-14-13-23-22-11-4-5-12-27(22)31(28(23)30-26)21-10-6-9-20(17-21)25-18-33-29-24(25)15-16-32-29;;;/h1-14,16-25,27-28H;1-11,13-19,21H;1-7,9-14,16,18H;;;/q-2;2*-3;;;. The topological polar surface area (TPSA) is 81.4 Å². The summed E-state index contributed by atoms with van der Waals surface area (Å²) in [6.45, 7) is 0. The van der Waals surface area contributed by atoms with Crippen LogP contribution < -0.4 is 8.79 Å². The van der Waals surface area contributed by atoms with Gasteiger partial charge in [-0.3, -0.25) is 4.98 Å². The molecule has 10 nitrogen and oxygen atoms in total. The Morgan fingerprint density at radius 2 is 1.03 bits per heavy atom. The van der Waals surface area contributed by atoms with Crippen LogP contribution >= 0.6 is 34.0 Å². The van der Waals surface area contributed by atoms with Crippen LogP contribution in [-0.2, 0) is 67.1 Å². The van der Waals surface area contributed by atoms with Crippen LogP contribution in [0.15, 0.2) is 367 Å². The van der Waals surface area contributed by atoms with Crippen molar-refractivity contribution in [3.63, 3.8) is 0 Å². The van der Waals surface area contributed by atoms with E-state index in [0.29, 0.717) is 0 Å². The summed E-state index contributed by atoms with van der Waals surface area (Å²) in [5.74, 6) is 1.69. The first-order chi connectivity index (χ1) is 60.0. The van der Waals surface area contributed by atoms with E-state index in [1.54, 1.807) is 22.7 Å². The van der Waals surface area contributed by atoms with Crippen molar-refractivity contribution in [1.82, 2.24) is 41.3 Å². The Morgan fingerprint density at radius 1 is 0.395 bits per heavy atom. The number of para-hydroxylation sites is 6. The molecule has 26 rings (SSSR count). The van der Waals surface area contributed by atoms with Crippen molar-refractivity contribution >= 4 is 197 Å². The van der Waals surface area contributed by atoms with Gasteiger partial charge in [0, 0.05) is 83.4 Å². The Balaban J connectivity index is 0.000000116. The third-order valence-corrected chi connectivity index (χ3v) is 31.6. The zero-order valence-electron chi connectivity index (χ0n) is 65.2. The van der Waals surface area contributed by atoms with Gasteiger partial charge in [-0.15, -0.1) is 100 Å². The maximum Gasteiger partial charge on any atom is 0.135 e. The molecular weight excluding hydrogens is 1920 g/mol. The molecule has 0 N–H and O–H groups in total. The first-order valence-electron chi connectivity index (χ1n) is 39.8. The molecule has 0 atom stereocenters. The zero-order valence-corrected chi connectivity index (χ0v) is 74.2. The molecular formula is C107H60Ag3GeN9OS3-8. The number of thiophene rings is 3. The number of benzene rings is 13. The number of nitrogens with zero attached hydrogens (tertiary/aromatic N) is 9. The van der Waals surface area contributed by atoms with Gasteiger partial charge in [0.1, 0.15) is 17.3 Å². The van der Waals surface area contributed by atoms with E-state index in [4.69, 9.17) is 19.4 Å². The van der Waals surface area contributed by atoms with Crippen molar-refractivity contribution in [2.45, 2.75) is 0 Å². The number of rotatable bonds is 11. The molecule has 0 bridgehead atoms. The Morgan fingerprint density at radius 3 is 1.81 bits per heavy atom. The number of aromatic nitrogens is 9. The van der Waals surface area contributed by atoms with Crippen molar-refractivity contribution in [3.8, 4) is 62.2 Å². The van der Waals surface area contributed by atoms with E-state index in [-0.39, 0.29) is 67.1 Å². The van der Waals surface area contributed by atoms with E-state index in [9.17, 15) is 0 Å². The first-order valence-corrected chi connectivity index (χ1v) is 45.5. The van der Waals surface area contributed by atoms with Gasteiger partial charge in [-0.2, -0.15) is 77.3 Å². The van der Waals surface area contributed by atoms with Crippen molar-refractivity contribution in [2.75, 3.05) is 0 Å². The second-order valence-corrected chi connectivity index (χ2v) is 37.7. The summed E-state index contributed by atoms with van der Waals surface area (Å²) in [4.78, 5) is 15.9. The molecule has 4 radical (unpaired) electrons. The minimum absolute atomic E-state index is 0. The van der Waals surface area contributed by atoms with Crippen LogP contribution in [-0.4, -0.2) is 55.9 Å². The first kappa shape index (κ1) is 78.7. The summed E-state index contributed by atoms with van der Waals surface area (Å²) in [6.07, 6.45) is 7.29. The van der Waals surface area contributed by atoms with Crippen LogP contribution in [0.25, 0.3) is 201 Å². The zero-order chi connectivity index (χ0) is 79.6. The molecule has 26 aromatic rings. The van der Waals surface area contributed by atoms with Crippen LogP contribution in [0.1, 0.15) is 0 Å². The second kappa shape index (κ2) is 33.0. The minimum Gasteiger partial charge on any atom is -0.313 e. The normalized spacial score (nSPS) is 11.6. The van der Waals surface area contributed by atoms with Gasteiger partial charge in [-0.25, -0.2) is 27.7 Å². The Kier molecular flexibility index (Phi) is 20.9. The molecule has 0 aliphatic heterocycles. The van der Waals surface area contributed by atoms with Crippen LogP contribution in [0.2, 0.25) is 0 Å². The average molecular weight is 1980 g/mol. The SMILES string of the molecule is [Ag].[Ag].[Ag].[c-]1cccc2ccn(-c3cccc(-n4c5[c-]c(-n6[c-]cc7ccccc76)ccc5c5ccccc54)n3)c12.[c-]1ccccc1-c1[c-]c2c(-n3c4ccccc4c4cc5sc6c7ccccc7[n]([Ge]([c]7ccccc7)[c]7ccccc7)c6c5nc43)coc2cc1.[c-]1ccccc1-c1ccc2c3ccccc3n(-c3[c-]c(-c4csc5sc[c-]c45)ccc3)c2n1. The summed E-state index contributed by atoms with van der Waals surface area (Å²) >= 11 is 2.97.